The Labute approximate surface area is 125 Å². The van der Waals surface area contributed by atoms with Crippen LogP contribution in [0.5, 0.6) is 5.75 Å². The predicted octanol–water partition coefficient (Wildman–Crippen LogP) is 2.24. The van der Waals surface area contributed by atoms with Gasteiger partial charge in [-0.1, -0.05) is 0 Å². The molecule has 0 atom stereocenters. The quantitative estimate of drug-likeness (QED) is 0.925. The van der Waals surface area contributed by atoms with E-state index >= 15 is 0 Å². The Hall–Kier alpha value is -1.56. The molecule has 1 saturated heterocycles. The fourth-order valence-corrected chi connectivity index (χ4v) is 3.78. The zero-order valence-corrected chi connectivity index (χ0v) is 13.2. The third-order valence-electron chi connectivity index (χ3n) is 3.42. The van der Waals surface area contributed by atoms with Crippen LogP contribution < -0.4 is 10.1 Å². The second-order valence-corrected chi connectivity index (χ2v) is 7.91. The lowest BCUT2D eigenvalue weighted by Gasteiger charge is -2.21. The molecule has 2 rings (SSSR count). The van der Waals surface area contributed by atoms with Crippen LogP contribution >= 0.6 is 0 Å². The van der Waals surface area contributed by atoms with Crippen molar-refractivity contribution < 1.29 is 17.9 Å². The van der Waals surface area contributed by atoms with E-state index in [1.165, 1.54) is 0 Å². The molecule has 5 nitrogen and oxygen atoms in total. The lowest BCUT2D eigenvalue weighted by Crippen LogP contribution is -2.31. The number of benzene rings is 1. The summed E-state index contributed by atoms with van der Waals surface area (Å²) in [6, 6.07) is 7.19. The molecule has 1 aliphatic heterocycles. The summed E-state index contributed by atoms with van der Waals surface area (Å²) in [6.07, 6.45) is 0.917. The van der Waals surface area contributed by atoms with Gasteiger partial charge >= 0.3 is 0 Å². The molecule has 0 unspecified atom stereocenters. The number of nitrogens with one attached hydrogen (secondary N) is 1. The highest BCUT2D eigenvalue weighted by Crippen LogP contribution is 2.22. The topological polar surface area (TPSA) is 72.5 Å². The Morgan fingerprint density at radius 3 is 2.29 bits per heavy atom. The van der Waals surface area contributed by atoms with E-state index in [1.807, 2.05) is 13.8 Å². The fourth-order valence-electron chi connectivity index (χ4n) is 2.29. The van der Waals surface area contributed by atoms with Gasteiger partial charge in [-0.2, -0.15) is 0 Å². The fraction of sp³-hybridized carbons (Fsp3) is 0.533. The Kier molecular flexibility index (Phi) is 4.88. The van der Waals surface area contributed by atoms with Crippen LogP contribution in [0.15, 0.2) is 24.3 Å². The largest absolute Gasteiger partial charge is 0.491 e. The first-order valence-corrected chi connectivity index (χ1v) is 8.96. The number of carbonyl (C=O) groups is 1. The van der Waals surface area contributed by atoms with Crippen LogP contribution in [-0.2, 0) is 14.6 Å². The second-order valence-electron chi connectivity index (χ2n) is 5.61. The van der Waals surface area contributed by atoms with E-state index < -0.39 is 9.84 Å². The monoisotopic (exact) mass is 311 g/mol. The molecule has 116 valence electrons. The number of sulfone groups is 1. The number of amides is 1. The minimum absolute atomic E-state index is 0.103. The van der Waals surface area contributed by atoms with Gasteiger partial charge in [0.05, 0.1) is 17.6 Å². The van der Waals surface area contributed by atoms with Crippen LogP contribution in [0.2, 0.25) is 0 Å². The molecule has 1 aromatic carbocycles. The summed E-state index contributed by atoms with van der Waals surface area (Å²) in [6.45, 7) is 3.90. The average Bonchev–Trinajstić information content (AvgIpc) is 2.40. The molecule has 0 radical (unpaired) electrons. The number of hydrogen-bond acceptors (Lipinski definition) is 4. The molecule has 0 aliphatic carbocycles. The Balaban J connectivity index is 1.91. The lowest BCUT2D eigenvalue weighted by molar-refractivity contribution is -0.120. The number of hydrogen-bond donors (Lipinski definition) is 1. The molecule has 1 N–H and O–H groups in total. The summed E-state index contributed by atoms with van der Waals surface area (Å²) in [5.74, 6) is 0.632. The van der Waals surface area contributed by atoms with Gasteiger partial charge in [-0.15, -0.1) is 0 Å². The van der Waals surface area contributed by atoms with Crippen LogP contribution in [0.3, 0.4) is 0 Å². The molecule has 1 heterocycles. The standard InChI is InChI=1S/C15H21NO4S/c1-11(2)20-14-5-3-13(4-6-14)16-15(17)12-7-9-21(18,19)10-8-12/h3-6,11-12H,7-10H2,1-2H3,(H,16,17). The van der Waals surface area contributed by atoms with Crippen LogP contribution in [0.25, 0.3) is 0 Å². The van der Waals surface area contributed by atoms with E-state index in [-0.39, 0.29) is 29.4 Å². The van der Waals surface area contributed by atoms with Gasteiger partial charge in [0.1, 0.15) is 15.6 Å². The first-order valence-electron chi connectivity index (χ1n) is 7.14. The lowest BCUT2D eigenvalue weighted by atomic mass is 10.0. The zero-order chi connectivity index (χ0) is 15.5. The van der Waals surface area contributed by atoms with Crippen molar-refractivity contribution >= 4 is 21.4 Å². The highest BCUT2D eigenvalue weighted by molar-refractivity contribution is 7.91. The summed E-state index contributed by atoms with van der Waals surface area (Å²) >= 11 is 0. The van der Waals surface area contributed by atoms with Crippen molar-refractivity contribution in [2.24, 2.45) is 5.92 Å². The summed E-state index contributed by atoms with van der Waals surface area (Å²) < 4.78 is 28.2. The molecule has 1 aliphatic rings. The second kappa shape index (κ2) is 6.47. The maximum atomic E-state index is 12.1. The summed E-state index contributed by atoms with van der Waals surface area (Å²) in [7, 11) is -2.94. The van der Waals surface area contributed by atoms with Gasteiger partial charge in [0.2, 0.25) is 5.91 Å². The van der Waals surface area contributed by atoms with Gasteiger partial charge in [-0.05, 0) is 51.0 Å². The van der Waals surface area contributed by atoms with Gasteiger partial charge in [0.15, 0.2) is 0 Å². The normalized spacial score (nSPS) is 18.4. The molecule has 0 aromatic heterocycles. The van der Waals surface area contributed by atoms with Crippen molar-refractivity contribution in [3.05, 3.63) is 24.3 Å². The van der Waals surface area contributed by atoms with E-state index in [1.54, 1.807) is 24.3 Å². The van der Waals surface area contributed by atoms with Crippen LogP contribution in [0.4, 0.5) is 5.69 Å². The minimum atomic E-state index is -2.94. The van der Waals surface area contributed by atoms with Gasteiger partial charge in [-0.25, -0.2) is 8.42 Å². The van der Waals surface area contributed by atoms with Crippen molar-refractivity contribution in [3.63, 3.8) is 0 Å². The van der Waals surface area contributed by atoms with Crippen molar-refractivity contribution in [1.29, 1.82) is 0 Å². The first kappa shape index (κ1) is 15.8. The maximum Gasteiger partial charge on any atom is 0.227 e. The summed E-state index contributed by atoms with van der Waals surface area (Å²) in [4.78, 5) is 12.1. The highest BCUT2D eigenvalue weighted by atomic mass is 32.2. The molecule has 1 fully saturated rings. The molecule has 6 heteroatoms. The number of ether oxygens (including phenoxy) is 1. The number of rotatable bonds is 4. The molecule has 0 bridgehead atoms. The highest BCUT2D eigenvalue weighted by Gasteiger charge is 2.28. The van der Waals surface area contributed by atoms with E-state index in [2.05, 4.69) is 5.32 Å². The van der Waals surface area contributed by atoms with E-state index in [0.717, 1.165) is 5.75 Å². The summed E-state index contributed by atoms with van der Waals surface area (Å²) in [5.41, 5.74) is 0.699. The predicted molar refractivity (Wildman–Crippen MR) is 82.2 cm³/mol. The van der Waals surface area contributed by atoms with Crippen molar-refractivity contribution in [1.82, 2.24) is 0 Å². The molecular weight excluding hydrogens is 290 g/mol. The molecule has 0 saturated carbocycles. The van der Waals surface area contributed by atoms with Gasteiger partial charge in [-0.3, -0.25) is 4.79 Å². The molecule has 1 aromatic rings. The van der Waals surface area contributed by atoms with Crippen LogP contribution in [0, 0.1) is 5.92 Å². The smallest absolute Gasteiger partial charge is 0.227 e. The van der Waals surface area contributed by atoms with Crippen molar-refractivity contribution in [2.45, 2.75) is 32.8 Å². The van der Waals surface area contributed by atoms with E-state index in [4.69, 9.17) is 4.74 Å². The molecule has 21 heavy (non-hydrogen) atoms. The van der Waals surface area contributed by atoms with Gasteiger partial charge < -0.3 is 10.1 Å². The Bertz CT molecular complexity index is 579. The molecule has 0 spiro atoms. The zero-order valence-electron chi connectivity index (χ0n) is 12.3. The van der Waals surface area contributed by atoms with E-state index in [9.17, 15) is 13.2 Å². The molecule has 1 amide bonds. The van der Waals surface area contributed by atoms with Crippen LogP contribution in [0.1, 0.15) is 26.7 Å². The maximum absolute atomic E-state index is 12.1. The Morgan fingerprint density at radius 2 is 1.76 bits per heavy atom. The van der Waals surface area contributed by atoms with E-state index in [0.29, 0.717) is 18.5 Å². The third kappa shape index (κ3) is 4.74. The Morgan fingerprint density at radius 1 is 1.19 bits per heavy atom. The number of carbonyl (C=O) groups excluding carboxylic acids is 1. The average molecular weight is 311 g/mol. The van der Waals surface area contributed by atoms with Gasteiger partial charge in [0, 0.05) is 11.6 Å². The van der Waals surface area contributed by atoms with Crippen molar-refractivity contribution in [2.75, 3.05) is 16.8 Å². The summed E-state index contributed by atoms with van der Waals surface area (Å²) in [5, 5.41) is 2.83. The minimum Gasteiger partial charge on any atom is -0.491 e. The van der Waals surface area contributed by atoms with Crippen LogP contribution in [-0.4, -0.2) is 31.9 Å². The van der Waals surface area contributed by atoms with Gasteiger partial charge in [0.25, 0.3) is 0 Å². The third-order valence-corrected chi connectivity index (χ3v) is 5.13. The number of anilines is 1. The first-order chi connectivity index (χ1) is 9.85. The SMILES string of the molecule is CC(C)Oc1ccc(NC(=O)C2CCS(=O)(=O)CC2)cc1. The molecular formula is C15H21NO4S. The van der Waals surface area contributed by atoms with Crippen molar-refractivity contribution in [3.8, 4) is 5.75 Å².